The highest BCUT2D eigenvalue weighted by Crippen LogP contribution is 2.29. The molecule has 0 radical (unpaired) electrons. The molecule has 3 heteroatoms. The van der Waals surface area contributed by atoms with Crippen LogP contribution in [0.2, 0.25) is 0 Å². The molecule has 3 nitrogen and oxygen atoms in total. The molecule has 0 saturated heterocycles. The Hall–Kier alpha value is -2.36. The maximum Gasteiger partial charge on any atom is 0.126 e. The van der Waals surface area contributed by atoms with Gasteiger partial charge in [-0.25, -0.2) is 0 Å². The molecule has 0 aromatic heterocycles. The number of aliphatic hydroxyl groups excluding tert-OH is 1. The minimum atomic E-state index is 0.219. The van der Waals surface area contributed by atoms with Gasteiger partial charge >= 0.3 is 0 Å². The van der Waals surface area contributed by atoms with Crippen LogP contribution in [0.3, 0.4) is 0 Å². The normalized spacial score (nSPS) is 12.2. The summed E-state index contributed by atoms with van der Waals surface area (Å²) in [6, 6.07) is 23.2. The fourth-order valence-corrected chi connectivity index (χ4v) is 3.27. The fraction of sp³-hybridized carbons (Fsp3) is 0.273. The fourth-order valence-electron chi connectivity index (χ4n) is 3.27. The van der Waals surface area contributed by atoms with Crippen molar-refractivity contribution < 1.29 is 9.84 Å². The van der Waals surface area contributed by atoms with Gasteiger partial charge < -0.3 is 15.2 Å². The molecule has 1 unspecified atom stereocenters. The van der Waals surface area contributed by atoms with Crippen molar-refractivity contribution in [1.82, 2.24) is 5.32 Å². The van der Waals surface area contributed by atoms with Crippen LogP contribution in [0.25, 0.3) is 10.8 Å². The van der Waals surface area contributed by atoms with Gasteiger partial charge in [0.05, 0.1) is 7.11 Å². The second-order valence-electron chi connectivity index (χ2n) is 6.18. The summed E-state index contributed by atoms with van der Waals surface area (Å²) in [4.78, 5) is 0. The van der Waals surface area contributed by atoms with Crippen LogP contribution in [-0.4, -0.2) is 18.8 Å². The van der Waals surface area contributed by atoms with E-state index in [-0.39, 0.29) is 12.6 Å². The maximum absolute atomic E-state index is 9.20. The molecular formula is C22H25NO2. The van der Waals surface area contributed by atoms with Crippen LogP contribution in [0.5, 0.6) is 5.75 Å². The Morgan fingerprint density at radius 2 is 1.64 bits per heavy atom. The zero-order valence-electron chi connectivity index (χ0n) is 14.6. The van der Waals surface area contributed by atoms with Gasteiger partial charge in [-0.05, 0) is 35.4 Å². The van der Waals surface area contributed by atoms with E-state index in [2.05, 4.69) is 53.8 Å². The van der Waals surface area contributed by atoms with Gasteiger partial charge in [-0.1, -0.05) is 60.7 Å². The van der Waals surface area contributed by atoms with E-state index in [1.807, 2.05) is 18.2 Å². The third-order valence-electron chi connectivity index (χ3n) is 4.59. The molecule has 3 rings (SSSR count). The van der Waals surface area contributed by atoms with Gasteiger partial charge in [0.15, 0.2) is 0 Å². The average molecular weight is 335 g/mol. The van der Waals surface area contributed by atoms with Crippen molar-refractivity contribution >= 4 is 10.8 Å². The summed E-state index contributed by atoms with van der Waals surface area (Å²) in [6.45, 7) is 0.992. The number of ether oxygens (including phenoxy) is 1. The summed E-state index contributed by atoms with van der Waals surface area (Å²) in [5, 5.41) is 15.2. The van der Waals surface area contributed by atoms with Crippen LogP contribution >= 0.6 is 0 Å². The van der Waals surface area contributed by atoms with Crippen molar-refractivity contribution in [2.24, 2.45) is 0 Å². The van der Waals surface area contributed by atoms with Crippen LogP contribution < -0.4 is 10.1 Å². The molecule has 0 aliphatic rings. The molecule has 0 fully saturated rings. The molecule has 0 spiro atoms. The van der Waals surface area contributed by atoms with E-state index in [9.17, 15) is 5.11 Å². The third-order valence-corrected chi connectivity index (χ3v) is 4.59. The predicted molar refractivity (Wildman–Crippen MR) is 103 cm³/mol. The number of aliphatic hydroxyl groups is 1. The topological polar surface area (TPSA) is 41.5 Å². The molecule has 2 N–H and O–H groups in total. The van der Waals surface area contributed by atoms with Crippen molar-refractivity contribution in [3.05, 3.63) is 77.9 Å². The maximum atomic E-state index is 9.20. The van der Waals surface area contributed by atoms with E-state index in [1.165, 1.54) is 16.5 Å². The Labute approximate surface area is 149 Å². The third kappa shape index (κ3) is 4.19. The predicted octanol–water partition coefficient (Wildman–Crippen LogP) is 4.45. The highest BCUT2D eigenvalue weighted by atomic mass is 16.5. The van der Waals surface area contributed by atoms with Crippen LogP contribution in [0, 0.1) is 0 Å². The smallest absolute Gasteiger partial charge is 0.126 e. The van der Waals surface area contributed by atoms with Gasteiger partial charge in [0.2, 0.25) is 0 Å². The van der Waals surface area contributed by atoms with Crippen LogP contribution in [0.1, 0.15) is 30.0 Å². The largest absolute Gasteiger partial charge is 0.496 e. The number of nitrogens with one attached hydrogen (secondary N) is 1. The van der Waals surface area contributed by atoms with Gasteiger partial charge in [-0.15, -0.1) is 0 Å². The van der Waals surface area contributed by atoms with Gasteiger partial charge in [0.25, 0.3) is 0 Å². The molecule has 0 aliphatic heterocycles. The Kier molecular flexibility index (Phi) is 6.04. The SMILES string of the molecule is COc1ccc(CNC(CCCO)c2ccccc2)c2ccccc12. The minimum absolute atomic E-state index is 0.219. The van der Waals surface area contributed by atoms with Crippen LogP contribution in [0.15, 0.2) is 66.7 Å². The molecule has 3 aromatic carbocycles. The summed E-state index contributed by atoms with van der Waals surface area (Å²) >= 11 is 0. The van der Waals surface area contributed by atoms with Crippen molar-refractivity contribution in [2.75, 3.05) is 13.7 Å². The summed E-state index contributed by atoms with van der Waals surface area (Å²) in [7, 11) is 1.71. The zero-order valence-corrected chi connectivity index (χ0v) is 14.6. The lowest BCUT2D eigenvalue weighted by Crippen LogP contribution is -2.21. The van der Waals surface area contributed by atoms with E-state index in [1.54, 1.807) is 7.11 Å². The molecule has 0 heterocycles. The molecular weight excluding hydrogens is 310 g/mol. The van der Waals surface area contributed by atoms with Crippen molar-refractivity contribution in [3.63, 3.8) is 0 Å². The van der Waals surface area contributed by atoms with E-state index < -0.39 is 0 Å². The summed E-state index contributed by atoms with van der Waals surface area (Å²) in [5.74, 6) is 0.902. The summed E-state index contributed by atoms with van der Waals surface area (Å²) < 4.78 is 5.48. The van der Waals surface area contributed by atoms with Crippen LogP contribution in [-0.2, 0) is 6.54 Å². The monoisotopic (exact) mass is 335 g/mol. The van der Waals surface area contributed by atoms with E-state index in [0.717, 1.165) is 30.5 Å². The van der Waals surface area contributed by atoms with E-state index >= 15 is 0 Å². The second kappa shape index (κ2) is 8.65. The number of benzene rings is 3. The minimum Gasteiger partial charge on any atom is -0.496 e. The first kappa shape index (κ1) is 17.5. The Balaban J connectivity index is 1.82. The lowest BCUT2D eigenvalue weighted by molar-refractivity contribution is 0.275. The average Bonchev–Trinajstić information content (AvgIpc) is 2.68. The second-order valence-corrected chi connectivity index (χ2v) is 6.18. The zero-order chi connectivity index (χ0) is 17.5. The number of rotatable bonds is 8. The Bertz CT molecular complexity index is 801. The van der Waals surface area contributed by atoms with Gasteiger partial charge in [-0.3, -0.25) is 0 Å². The lowest BCUT2D eigenvalue weighted by Gasteiger charge is -2.20. The van der Waals surface area contributed by atoms with Crippen molar-refractivity contribution in [2.45, 2.75) is 25.4 Å². The first-order chi connectivity index (χ1) is 12.3. The van der Waals surface area contributed by atoms with Gasteiger partial charge in [-0.2, -0.15) is 0 Å². The highest BCUT2D eigenvalue weighted by molar-refractivity contribution is 5.91. The standard InChI is InChI=1S/C22H25NO2/c1-25-22-14-13-18(19-10-5-6-11-20(19)22)16-23-21(12-7-15-24)17-8-3-2-4-9-17/h2-6,8-11,13-14,21,23-24H,7,12,15-16H2,1H3. The number of methoxy groups -OCH3 is 1. The molecule has 3 aromatic rings. The highest BCUT2D eigenvalue weighted by Gasteiger charge is 2.12. The van der Waals surface area contributed by atoms with E-state index in [0.29, 0.717) is 0 Å². The molecule has 0 aliphatic carbocycles. The molecule has 1 atom stereocenters. The molecule has 130 valence electrons. The van der Waals surface area contributed by atoms with Crippen molar-refractivity contribution in [3.8, 4) is 5.75 Å². The first-order valence-electron chi connectivity index (χ1n) is 8.77. The van der Waals surface area contributed by atoms with Crippen LogP contribution in [0.4, 0.5) is 0 Å². The number of hydrogen-bond acceptors (Lipinski definition) is 3. The van der Waals surface area contributed by atoms with E-state index in [4.69, 9.17) is 4.74 Å². The number of fused-ring (bicyclic) bond motifs is 1. The van der Waals surface area contributed by atoms with Gasteiger partial charge in [0.1, 0.15) is 5.75 Å². The Morgan fingerprint density at radius 3 is 2.36 bits per heavy atom. The van der Waals surface area contributed by atoms with Gasteiger partial charge in [0, 0.05) is 24.6 Å². The quantitative estimate of drug-likeness (QED) is 0.639. The van der Waals surface area contributed by atoms with Crippen molar-refractivity contribution in [1.29, 1.82) is 0 Å². The molecule has 0 bridgehead atoms. The lowest BCUT2D eigenvalue weighted by atomic mass is 10.00. The molecule has 25 heavy (non-hydrogen) atoms. The summed E-state index contributed by atoms with van der Waals surface area (Å²) in [6.07, 6.45) is 1.70. The molecule has 0 amide bonds. The first-order valence-corrected chi connectivity index (χ1v) is 8.77. The number of hydrogen-bond donors (Lipinski definition) is 2. The molecule has 0 saturated carbocycles. The summed E-state index contributed by atoms with van der Waals surface area (Å²) in [5.41, 5.74) is 2.51. The Morgan fingerprint density at radius 1 is 0.920 bits per heavy atom.